The number of amides is 1. The summed E-state index contributed by atoms with van der Waals surface area (Å²) in [7, 11) is 1.92. The molecule has 1 aromatic carbocycles. The molecule has 0 spiro atoms. The minimum Gasteiger partial charge on any atom is -0.326 e. The average molecular weight is 282 g/mol. The number of carbonyl (C=O) groups excluding carboxylic acids is 1. The number of benzene rings is 1. The second-order valence-corrected chi connectivity index (χ2v) is 4.63. The van der Waals surface area contributed by atoms with Crippen LogP contribution in [0.5, 0.6) is 0 Å². The minimum absolute atomic E-state index is 0.362. The molecule has 7 heteroatoms. The summed E-state index contributed by atoms with van der Waals surface area (Å²) in [6, 6.07) is 8.09. The van der Waals surface area contributed by atoms with Crippen LogP contribution in [0.1, 0.15) is 5.56 Å². The van der Waals surface area contributed by atoms with Crippen molar-refractivity contribution >= 4 is 29.5 Å². The van der Waals surface area contributed by atoms with Crippen LogP contribution in [0.2, 0.25) is 0 Å². The third kappa shape index (κ3) is 2.29. The second kappa shape index (κ2) is 5.20. The standard InChI is InChI=1S/C14H14N6O/c1-10-4-3-5-11(8-10)19(2)12-13-17-18-14(16-9-21)20(13)7-6-15-12/h3-9H,1-2H3,(H,16,18,21). The molecule has 0 atom stereocenters. The lowest BCUT2D eigenvalue weighted by atomic mass is 10.2. The lowest BCUT2D eigenvalue weighted by Crippen LogP contribution is -2.13. The molecule has 0 saturated carbocycles. The van der Waals surface area contributed by atoms with E-state index in [2.05, 4.69) is 26.6 Å². The molecule has 0 bridgehead atoms. The van der Waals surface area contributed by atoms with Gasteiger partial charge in [-0.2, -0.15) is 0 Å². The van der Waals surface area contributed by atoms with Crippen LogP contribution < -0.4 is 10.2 Å². The van der Waals surface area contributed by atoms with Crippen molar-refractivity contribution in [3.63, 3.8) is 0 Å². The van der Waals surface area contributed by atoms with E-state index in [-0.39, 0.29) is 0 Å². The summed E-state index contributed by atoms with van der Waals surface area (Å²) in [5.41, 5.74) is 2.74. The number of carbonyl (C=O) groups is 1. The Morgan fingerprint density at radius 3 is 2.95 bits per heavy atom. The second-order valence-electron chi connectivity index (χ2n) is 4.63. The lowest BCUT2D eigenvalue weighted by molar-refractivity contribution is -0.105. The highest BCUT2D eigenvalue weighted by Gasteiger charge is 2.14. The average Bonchev–Trinajstić information content (AvgIpc) is 2.90. The third-order valence-corrected chi connectivity index (χ3v) is 3.20. The SMILES string of the molecule is Cc1cccc(N(C)c2nccn3c(NC=O)nnc23)c1. The van der Waals surface area contributed by atoms with Crippen LogP contribution in [-0.2, 0) is 4.79 Å². The molecule has 0 aliphatic heterocycles. The minimum atomic E-state index is 0.362. The van der Waals surface area contributed by atoms with E-state index in [0.717, 1.165) is 11.3 Å². The van der Waals surface area contributed by atoms with Crippen LogP contribution in [0.25, 0.3) is 5.65 Å². The number of hydrogen-bond acceptors (Lipinski definition) is 5. The van der Waals surface area contributed by atoms with Crippen molar-refractivity contribution in [3.05, 3.63) is 42.2 Å². The summed E-state index contributed by atoms with van der Waals surface area (Å²) in [5, 5.41) is 10.5. The van der Waals surface area contributed by atoms with E-state index in [1.807, 2.05) is 37.1 Å². The van der Waals surface area contributed by atoms with Crippen LogP contribution in [0.15, 0.2) is 36.7 Å². The molecule has 7 nitrogen and oxygen atoms in total. The van der Waals surface area contributed by atoms with Gasteiger partial charge in [-0.05, 0) is 24.6 Å². The van der Waals surface area contributed by atoms with Crippen molar-refractivity contribution in [2.45, 2.75) is 6.92 Å². The van der Waals surface area contributed by atoms with Gasteiger partial charge in [0.15, 0.2) is 5.82 Å². The predicted molar refractivity (Wildman–Crippen MR) is 79.7 cm³/mol. The highest BCUT2D eigenvalue weighted by molar-refractivity contribution is 5.75. The smallest absolute Gasteiger partial charge is 0.235 e. The summed E-state index contributed by atoms with van der Waals surface area (Å²) < 4.78 is 1.68. The molecule has 1 N–H and O–H groups in total. The summed E-state index contributed by atoms with van der Waals surface area (Å²) in [6.07, 6.45) is 3.92. The lowest BCUT2D eigenvalue weighted by Gasteiger charge is -2.18. The van der Waals surface area contributed by atoms with Gasteiger partial charge in [-0.1, -0.05) is 12.1 Å². The number of aromatic nitrogens is 4. The van der Waals surface area contributed by atoms with Crippen molar-refractivity contribution < 1.29 is 4.79 Å². The highest BCUT2D eigenvalue weighted by Crippen LogP contribution is 2.26. The van der Waals surface area contributed by atoms with Gasteiger partial charge in [0.1, 0.15) is 0 Å². The van der Waals surface area contributed by atoms with Gasteiger partial charge in [0, 0.05) is 25.1 Å². The number of rotatable bonds is 4. The maximum atomic E-state index is 10.6. The maximum absolute atomic E-state index is 10.6. The quantitative estimate of drug-likeness (QED) is 0.738. The van der Waals surface area contributed by atoms with Crippen molar-refractivity contribution in [2.24, 2.45) is 0 Å². The molecular weight excluding hydrogens is 268 g/mol. The van der Waals surface area contributed by atoms with Gasteiger partial charge < -0.3 is 4.90 Å². The Hall–Kier alpha value is -2.96. The Morgan fingerprint density at radius 1 is 1.33 bits per heavy atom. The Balaban J connectivity index is 2.10. The van der Waals surface area contributed by atoms with E-state index >= 15 is 0 Å². The molecule has 1 amide bonds. The fraction of sp³-hybridized carbons (Fsp3) is 0.143. The van der Waals surface area contributed by atoms with Gasteiger partial charge in [0.25, 0.3) is 0 Å². The number of nitrogens with one attached hydrogen (secondary N) is 1. The van der Waals surface area contributed by atoms with Gasteiger partial charge in [0.05, 0.1) is 0 Å². The van der Waals surface area contributed by atoms with Crippen molar-refractivity contribution in [1.82, 2.24) is 19.6 Å². The van der Waals surface area contributed by atoms with Crippen molar-refractivity contribution in [3.8, 4) is 0 Å². The third-order valence-electron chi connectivity index (χ3n) is 3.20. The fourth-order valence-electron chi connectivity index (χ4n) is 2.16. The predicted octanol–water partition coefficient (Wildman–Crippen LogP) is 1.77. The molecule has 3 rings (SSSR count). The molecule has 2 aromatic heterocycles. The highest BCUT2D eigenvalue weighted by atomic mass is 16.1. The number of hydrogen-bond donors (Lipinski definition) is 1. The van der Waals surface area contributed by atoms with Crippen LogP contribution >= 0.6 is 0 Å². The van der Waals surface area contributed by atoms with Crippen molar-refractivity contribution in [2.75, 3.05) is 17.3 Å². The zero-order valence-electron chi connectivity index (χ0n) is 11.7. The van der Waals surface area contributed by atoms with E-state index in [1.54, 1.807) is 16.8 Å². The zero-order valence-corrected chi connectivity index (χ0v) is 11.7. The zero-order chi connectivity index (χ0) is 14.8. The molecule has 0 fully saturated rings. The first kappa shape index (κ1) is 13.0. The Labute approximate surface area is 121 Å². The fourth-order valence-corrected chi connectivity index (χ4v) is 2.16. The summed E-state index contributed by atoms with van der Waals surface area (Å²) in [4.78, 5) is 16.9. The molecule has 0 aliphatic carbocycles. The molecule has 21 heavy (non-hydrogen) atoms. The van der Waals surface area contributed by atoms with Gasteiger partial charge in [-0.15, -0.1) is 10.2 Å². The first-order chi connectivity index (χ1) is 10.2. The maximum Gasteiger partial charge on any atom is 0.235 e. The first-order valence-corrected chi connectivity index (χ1v) is 6.41. The molecule has 106 valence electrons. The number of nitrogens with zero attached hydrogens (tertiary/aromatic N) is 5. The summed E-state index contributed by atoms with van der Waals surface area (Å²) >= 11 is 0. The Morgan fingerprint density at radius 2 is 2.19 bits per heavy atom. The van der Waals surface area contributed by atoms with E-state index in [9.17, 15) is 4.79 Å². The summed E-state index contributed by atoms with van der Waals surface area (Å²) in [6.45, 7) is 2.04. The van der Waals surface area contributed by atoms with Gasteiger partial charge in [0.2, 0.25) is 18.0 Å². The Kier molecular flexibility index (Phi) is 3.23. The van der Waals surface area contributed by atoms with E-state index in [4.69, 9.17) is 0 Å². The van der Waals surface area contributed by atoms with Crippen LogP contribution in [0.4, 0.5) is 17.5 Å². The van der Waals surface area contributed by atoms with Crippen molar-refractivity contribution in [1.29, 1.82) is 0 Å². The summed E-state index contributed by atoms with van der Waals surface area (Å²) in [5.74, 6) is 1.02. The molecular formula is C14H14N6O. The largest absolute Gasteiger partial charge is 0.326 e. The first-order valence-electron chi connectivity index (χ1n) is 6.41. The van der Waals surface area contributed by atoms with Crippen LogP contribution in [-0.4, -0.2) is 33.0 Å². The number of fused-ring (bicyclic) bond motifs is 1. The number of aryl methyl sites for hydroxylation is 1. The van der Waals surface area contributed by atoms with E-state index < -0.39 is 0 Å². The van der Waals surface area contributed by atoms with Crippen LogP contribution in [0.3, 0.4) is 0 Å². The van der Waals surface area contributed by atoms with E-state index in [1.165, 1.54) is 0 Å². The van der Waals surface area contributed by atoms with E-state index in [0.29, 0.717) is 23.8 Å². The molecule has 0 aliphatic rings. The topological polar surface area (TPSA) is 75.4 Å². The van der Waals surface area contributed by atoms with Crippen LogP contribution in [0, 0.1) is 6.92 Å². The number of anilines is 3. The van der Waals surface area contributed by atoms with Gasteiger partial charge in [-0.3, -0.25) is 14.5 Å². The van der Waals surface area contributed by atoms with Gasteiger partial charge >= 0.3 is 0 Å². The molecule has 0 radical (unpaired) electrons. The normalized spacial score (nSPS) is 10.6. The molecule has 0 unspecified atom stereocenters. The molecule has 2 heterocycles. The molecule has 0 saturated heterocycles. The molecule has 3 aromatic rings. The monoisotopic (exact) mass is 282 g/mol. The van der Waals surface area contributed by atoms with Gasteiger partial charge in [-0.25, -0.2) is 4.98 Å². The Bertz CT molecular complexity index is 797.